The highest BCUT2D eigenvalue weighted by Gasteiger charge is 2.17. The minimum Gasteiger partial charge on any atom is -0.393 e. The van der Waals surface area contributed by atoms with Crippen LogP contribution in [0.1, 0.15) is 72.1 Å². The molecule has 4 atom stereocenters. The molecular weight excluding hydrogens is 252 g/mol. The Morgan fingerprint density at radius 2 is 2.00 bits per heavy atom. The van der Waals surface area contributed by atoms with Crippen molar-refractivity contribution < 1.29 is 14.6 Å². The van der Waals surface area contributed by atoms with E-state index < -0.39 is 0 Å². The molecule has 3 heteroatoms. The average Bonchev–Trinajstić information content (AvgIpc) is 2.44. The molecule has 0 aromatic rings. The van der Waals surface area contributed by atoms with Crippen LogP contribution in [0, 0.1) is 11.8 Å². The van der Waals surface area contributed by atoms with Gasteiger partial charge >= 0.3 is 0 Å². The summed E-state index contributed by atoms with van der Waals surface area (Å²) in [5.41, 5.74) is 0. The summed E-state index contributed by atoms with van der Waals surface area (Å²) in [5.74, 6) is 1.10. The maximum absolute atomic E-state index is 9.95. The van der Waals surface area contributed by atoms with Crippen LogP contribution < -0.4 is 0 Å². The minimum absolute atomic E-state index is 0.0247. The van der Waals surface area contributed by atoms with Crippen molar-refractivity contribution in [3.8, 4) is 0 Å². The molecule has 2 unspecified atom stereocenters. The first-order valence-corrected chi connectivity index (χ1v) is 8.53. The Morgan fingerprint density at radius 1 is 1.20 bits per heavy atom. The molecule has 0 aliphatic carbocycles. The molecule has 0 aromatic heterocycles. The number of aliphatic hydroxyl groups excluding tert-OH is 1. The van der Waals surface area contributed by atoms with E-state index >= 15 is 0 Å². The van der Waals surface area contributed by atoms with Gasteiger partial charge in [0.25, 0.3) is 0 Å². The van der Waals surface area contributed by atoms with E-state index in [-0.39, 0.29) is 12.4 Å². The van der Waals surface area contributed by atoms with Crippen molar-refractivity contribution in [2.45, 2.75) is 84.5 Å². The van der Waals surface area contributed by atoms with Crippen LogP contribution in [0.5, 0.6) is 0 Å². The fourth-order valence-corrected chi connectivity index (χ4v) is 2.99. The van der Waals surface area contributed by atoms with E-state index in [2.05, 4.69) is 20.8 Å². The lowest BCUT2D eigenvalue weighted by molar-refractivity contribution is -0.169. The molecule has 0 spiro atoms. The topological polar surface area (TPSA) is 38.7 Å². The molecular formula is C17H34O3. The maximum atomic E-state index is 9.95. The van der Waals surface area contributed by atoms with Crippen LogP contribution in [0.4, 0.5) is 0 Å². The fourth-order valence-electron chi connectivity index (χ4n) is 2.99. The quantitative estimate of drug-likeness (QED) is 0.656. The molecule has 1 heterocycles. The number of aliphatic hydroxyl groups is 1. The Labute approximate surface area is 125 Å². The van der Waals surface area contributed by atoms with Gasteiger partial charge in [-0.2, -0.15) is 0 Å². The Bertz CT molecular complexity index is 226. The van der Waals surface area contributed by atoms with Crippen LogP contribution in [0.25, 0.3) is 0 Å². The smallest absolute Gasteiger partial charge is 0.157 e. The normalized spacial score (nSPS) is 24.3. The molecule has 1 aliphatic heterocycles. The monoisotopic (exact) mass is 286 g/mol. The second-order valence-electron chi connectivity index (χ2n) is 6.61. The summed E-state index contributed by atoms with van der Waals surface area (Å²) in [6.45, 7) is 8.27. The van der Waals surface area contributed by atoms with Crippen molar-refractivity contribution in [2.75, 3.05) is 13.2 Å². The second kappa shape index (κ2) is 10.6. The lowest BCUT2D eigenvalue weighted by Crippen LogP contribution is -2.25. The van der Waals surface area contributed by atoms with Gasteiger partial charge in [0.1, 0.15) is 0 Å². The first-order chi connectivity index (χ1) is 9.61. The molecule has 120 valence electrons. The molecule has 1 rings (SSSR count). The molecule has 0 saturated carbocycles. The Kier molecular flexibility index (Phi) is 9.49. The van der Waals surface area contributed by atoms with Gasteiger partial charge in [0.05, 0.1) is 12.7 Å². The molecule has 1 saturated heterocycles. The highest BCUT2D eigenvalue weighted by molar-refractivity contribution is 4.65. The Hall–Kier alpha value is -0.120. The summed E-state index contributed by atoms with van der Waals surface area (Å²) in [4.78, 5) is 0. The summed E-state index contributed by atoms with van der Waals surface area (Å²) < 4.78 is 11.4. The van der Waals surface area contributed by atoms with E-state index in [9.17, 15) is 5.11 Å². The van der Waals surface area contributed by atoms with Crippen molar-refractivity contribution in [1.29, 1.82) is 0 Å². The van der Waals surface area contributed by atoms with Crippen LogP contribution in [0.15, 0.2) is 0 Å². The highest BCUT2D eigenvalue weighted by Crippen LogP contribution is 2.21. The van der Waals surface area contributed by atoms with Gasteiger partial charge in [0.2, 0.25) is 0 Å². The predicted molar refractivity (Wildman–Crippen MR) is 82.6 cm³/mol. The SMILES string of the molecule is CCCCC(O)C[C@H](C)C[C@H](C)COC1CCCCO1. The van der Waals surface area contributed by atoms with Crippen LogP contribution in [0.3, 0.4) is 0 Å². The van der Waals surface area contributed by atoms with Crippen LogP contribution in [-0.4, -0.2) is 30.7 Å². The van der Waals surface area contributed by atoms with Gasteiger partial charge in [-0.15, -0.1) is 0 Å². The molecule has 1 fully saturated rings. The van der Waals surface area contributed by atoms with E-state index in [1.54, 1.807) is 0 Å². The second-order valence-corrected chi connectivity index (χ2v) is 6.61. The number of ether oxygens (including phenoxy) is 2. The number of hydrogen-bond acceptors (Lipinski definition) is 3. The van der Waals surface area contributed by atoms with Crippen molar-refractivity contribution in [1.82, 2.24) is 0 Å². The van der Waals surface area contributed by atoms with E-state index in [0.29, 0.717) is 11.8 Å². The standard InChI is InChI=1S/C17H34O3/c1-4-5-8-16(18)12-14(2)11-15(3)13-20-17-9-6-7-10-19-17/h14-18H,4-13H2,1-3H3/t14-,15+,16?,17?/m1/s1. The highest BCUT2D eigenvalue weighted by atomic mass is 16.7. The lowest BCUT2D eigenvalue weighted by Gasteiger charge is -2.25. The largest absolute Gasteiger partial charge is 0.393 e. The van der Waals surface area contributed by atoms with Gasteiger partial charge < -0.3 is 14.6 Å². The van der Waals surface area contributed by atoms with Crippen LogP contribution in [-0.2, 0) is 9.47 Å². The summed E-state index contributed by atoms with van der Waals surface area (Å²) in [7, 11) is 0. The Morgan fingerprint density at radius 3 is 2.65 bits per heavy atom. The molecule has 20 heavy (non-hydrogen) atoms. The van der Waals surface area contributed by atoms with Gasteiger partial charge in [-0.25, -0.2) is 0 Å². The predicted octanol–water partition coefficient (Wildman–Crippen LogP) is 4.13. The fraction of sp³-hybridized carbons (Fsp3) is 1.00. The molecule has 1 aliphatic rings. The van der Waals surface area contributed by atoms with E-state index in [0.717, 1.165) is 51.7 Å². The third-order valence-corrected chi connectivity index (χ3v) is 4.07. The summed E-state index contributed by atoms with van der Waals surface area (Å²) in [5, 5.41) is 9.95. The van der Waals surface area contributed by atoms with Gasteiger partial charge in [-0.05, 0) is 50.4 Å². The van der Waals surface area contributed by atoms with E-state index in [1.165, 1.54) is 12.8 Å². The molecule has 3 nitrogen and oxygen atoms in total. The number of unbranched alkanes of at least 4 members (excludes halogenated alkanes) is 1. The maximum Gasteiger partial charge on any atom is 0.157 e. The molecule has 0 bridgehead atoms. The number of rotatable bonds is 10. The lowest BCUT2D eigenvalue weighted by atomic mass is 9.91. The molecule has 1 N–H and O–H groups in total. The van der Waals surface area contributed by atoms with Gasteiger partial charge in [-0.1, -0.05) is 33.6 Å². The van der Waals surface area contributed by atoms with Gasteiger partial charge in [-0.3, -0.25) is 0 Å². The summed E-state index contributed by atoms with van der Waals surface area (Å²) in [6.07, 6.45) is 8.61. The van der Waals surface area contributed by atoms with E-state index in [1.807, 2.05) is 0 Å². The van der Waals surface area contributed by atoms with Crippen molar-refractivity contribution in [3.05, 3.63) is 0 Å². The van der Waals surface area contributed by atoms with Crippen molar-refractivity contribution in [3.63, 3.8) is 0 Å². The van der Waals surface area contributed by atoms with Crippen LogP contribution in [0.2, 0.25) is 0 Å². The van der Waals surface area contributed by atoms with Gasteiger partial charge in [0.15, 0.2) is 6.29 Å². The minimum atomic E-state index is -0.125. The van der Waals surface area contributed by atoms with Crippen molar-refractivity contribution in [2.24, 2.45) is 11.8 Å². The third kappa shape index (κ3) is 8.23. The molecule has 0 radical (unpaired) electrons. The first kappa shape index (κ1) is 17.9. The first-order valence-electron chi connectivity index (χ1n) is 8.53. The molecule has 0 aromatic carbocycles. The average molecular weight is 286 g/mol. The Balaban J connectivity index is 2.08. The zero-order chi connectivity index (χ0) is 14.8. The molecule has 0 amide bonds. The zero-order valence-electron chi connectivity index (χ0n) is 13.6. The zero-order valence-corrected chi connectivity index (χ0v) is 13.6. The third-order valence-electron chi connectivity index (χ3n) is 4.07. The van der Waals surface area contributed by atoms with Gasteiger partial charge in [0, 0.05) is 6.61 Å². The van der Waals surface area contributed by atoms with E-state index in [4.69, 9.17) is 9.47 Å². The van der Waals surface area contributed by atoms with Crippen LogP contribution >= 0.6 is 0 Å². The summed E-state index contributed by atoms with van der Waals surface area (Å²) in [6, 6.07) is 0. The summed E-state index contributed by atoms with van der Waals surface area (Å²) >= 11 is 0. The van der Waals surface area contributed by atoms with Crippen molar-refractivity contribution >= 4 is 0 Å². The number of hydrogen-bond donors (Lipinski definition) is 1.